The minimum Gasteiger partial charge on any atom is -0.378 e. The molecule has 0 aromatic heterocycles. The fourth-order valence-corrected chi connectivity index (χ4v) is 0.894. The van der Waals surface area contributed by atoms with E-state index < -0.39 is 0 Å². The molecule has 0 fully saturated rings. The second-order valence-electron chi connectivity index (χ2n) is 2.76. The summed E-state index contributed by atoms with van der Waals surface area (Å²) < 4.78 is 5.43. The van der Waals surface area contributed by atoms with Crippen molar-refractivity contribution in [2.24, 2.45) is 0 Å². The average Bonchev–Trinajstić information content (AvgIpc) is 1.98. The Bertz CT molecular complexity index is 106. The highest BCUT2D eigenvalue weighted by molar-refractivity contribution is 5.75. The van der Waals surface area contributed by atoms with Crippen LogP contribution in [0.2, 0.25) is 0 Å². The Kier molecular flexibility index (Phi) is 6.13. The molecule has 0 saturated carbocycles. The van der Waals surface area contributed by atoms with Crippen molar-refractivity contribution >= 4 is 5.78 Å². The molecule has 0 amide bonds. The maximum Gasteiger partial charge on any atom is 0.132 e. The monoisotopic (exact) mass is 158 g/mol. The molecule has 0 bridgehead atoms. The summed E-state index contributed by atoms with van der Waals surface area (Å²) in [5.41, 5.74) is 0. The summed E-state index contributed by atoms with van der Waals surface area (Å²) in [6.07, 6.45) is 2.97. The maximum absolute atomic E-state index is 10.5. The van der Waals surface area contributed by atoms with E-state index in [1.807, 2.05) is 0 Å². The number of hydrogen-bond donors (Lipinski definition) is 0. The summed E-state index contributed by atoms with van der Waals surface area (Å²) in [4.78, 5) is 10.5. The van der Waals surface area contributed by atoms with Crippen molar-refractivity contribution in [1.82, 2.24) is 0 Å². The van der Waals surface area contributed by atoms with Crippen LogP contribution in [0.15, 0.2) is 0 Å². The molecule has 0 aliphatic heterocycles. The number of Topliss-reactive ketones (excluding diaryl/α,β-unsaturated/α-hetero) is 1. The number of ether oxygens (including phenoxy) is 1. The quantitative estimate of drug-likeness (QED) is 0.592. The lowest BCUT2D eigenvalue weighted by Gasteiger charge is -2.12. The van der Waals surface area contributed by atoms with Gasteiger partial charge in [0, 0.05) is 6.42 Å². The number of carbonyl (C=O) groups is 1. The Morgan fingerprint density at radius 1 is 1.36 bits per heavy atom. The van der Waals surface area contributed by atoms with Crippen molar-refractivity contribution in [2.75, 3.05) is 6.61 Å². The molecule has 0 spiro atoms. The minimum absolute atomic E-state index is 0.205. The van der Waals surface area contributed by atoms with Gasteiger partial charge >= 0.3 is 0 Å². The Labute approximate surface area is 68.9 Å². The van der Waals surface area contributed by atoms with Crippen LogP contribution in [0.1, 0.15) is 40.0 Å². The van der Waals surface area contributed by atoms with E-state index in [1.54, 1.807) is 6.92 Å². The van der Waals surface area contributed by atoms with Gasteiger partial charge < -0.3 is 4.74 Å². The molecule has 0 aliphatic rings. The molecule has 0 radical (unpaired) electrons. The molecule has 0 heterocycles. The second kappa shape index (κ2) is 6.35. The third-order valence-electron chi connectivity index (χ3n) is 1.72. The first-order chi connectivity index (χ1) is 5.20. The van der Waals surface area contributed by atoms with Gasteiger partial charge in [-0.1, -0.05) is 13.8 Å². The van der Waals surface area contributed by atoms with E-state index in [9.17, 15) is 4.79 Å². The fraction of sp³-hybridized carbons (Fsp3) is 0.889. The summed E-state index contributed by atoms with van der Waals surface area (Å²) >= 11 is 0. The Balaban J connectivity index is 3.28. The zero-order valence-corrected chi connectivity index (χ0v) is 7.72. The van der Waals surface area contributed by atoms with Crippen LogP contribution in [-0.4, -0.2) is 18.5 Å². The number of ketones is 1. The fourth-order valence-electron chi connectivity index (χ4n) is 0.894. The first kappa shape index (κ1) is 10.6. The Hall–Kier alpha value is -0.370. The molecule has 2 heteroatoms. The molecule has 66 valence electrons. The van der Waals surface area contributed by atoms with Crippen molar-refractivity contribution in [2.45, 2.75) is 46.1 Å². The van der Waals surface area contributed by atoms with Gasteiger partial charge in [-0.3, -0.25) is 4.79 Å². The molecule has 0 unspecified atom stereocenters. The molecule has 0 aromatic rings. The van der Waals surface area contributed by atoms with Crippen LogP contribution < -0.4 is 0 Å². The molecule has 0 saturated heterocycles. The van der Waals surface area contributed by atoms with Crippen molar-refractivity contribution in [1.29, 1.82) is 0 Å². The van der Waals surface area contributed by atoms with Crippen LogP contribution >= 0.6 is 0 Å². The zero-order chi connectivity index (χ0) is 8.69. The summed E-state index contributed by atoms with van der Waals surface area (Å²) in [6, 6.07) is 0. The van der Waals surface area contributed by atoms with E-state index in [0.717, 1.165) is 12.8 Å². The molecule has 0 atom stereocenters. The van der Waals surface area contributed by atoms with E-state index in [1.165, 1.54) is 0 Å². The molecule has 0 N–H and O–H groups in total. The molecule has 0 rings (SSSR count). The molecule has 0 aliphatic carbocycles. The number of hydrogen-bond acceptors (Lipinski definition) is 2. The average molecular weight is 158 g/mol. The van der Waals surface area contributed by atoms with Crippen molar-refractivity contribution in [3.63, 3.8) is 0 Å². The van der Waals surface area contributed by atoms with Gasteiger partial charge in [-0.25, -0.2) is 0 Å². The maximum atomic E-state index is 10.5. The Morgan fingerprint density at radius 3 is 2.27 bits per heavy atom. The van der Waals surface area contributed by atoms with Crippen LogP contribution in [-0.2, 0) is 9.53 Å². The highest BCUT2D eigenvalue weighted by Gasteiger charge is 2.02. The third-order valence-corrected chi connectivity index (χ3v) is 1.72. The normalized spacial score (nSPS) is 10.5. The van der Waals surface area contributed by atoms with Crippen molar-refractivity contribution < 1.29 is 9.53 Å². The summed E-state index contributed by atoms with van der Waals surface area (Å²) in [7, 11) is 0. The number of rotatable bonds is 6. The minimum atomic E-state index is 0.205. The smallest absolute Gasteiger partial charge is 0.132 e. The molecule has 0 aromatic carbocycles. The topological polar surface area (TPSA) is 26.3 Å². The van der Waals surface area contributed by atoms with Gasteiger partial charge in [0.25, 0.3) is 0 Å². The van der Waals surface area contributed by atoms with Crippen LogP contribution in [0.25, 0.3) is 0 Å². The van der Waals surface area contributed by atoms with Gasteiger partial charge in [0.2, 0.25) is 0 Å². The lowest BCUT2D eigenvalue weighted by molar-refractivity contribution is -0.118. The van der Waals surface area contributed by atoms with Crippen LogP contribution in [0.5, 0.6) is 0 Å². The first-order valence-electron chi connectivity index (χ1n) is 4.31. The van der Waals surface area contributed by atoms with Crippen molar-refractivity contribution in [3.8, 4) is 0 Å². The lowest BCUT2D eigenvalue weighted by Crippen LogP contribution is -2.12. The van der Waals surface area contributed by atoms with Gasteiger partial charge in [-0.05, 0) is 19.8 Å². The molecule has 2 nitrogen and oxygen atoms in total. The van der Waals surface area contributed by atoms with Gasteiger partial charge in [0.1, 0.15) is 5.78 Å². The van der Waals surface area contributed by atoms with Crippen LogP contribution in [0.4, 0.5) is 0 Å². The summed E-state index contributed by atoms with van der Waals surface area (Å²) in [5, 5.41) is 0. The van der Waals surface area contributed by atoms with Crippen molar-refractivity contribution in [3.05, 3.63) is 0 Å². The zero-order valence-electron chi connectivity index (χ0n) is 7.72. The summed E-state index contributed by atoms with van der Waals surface area (Å²) in [6.45, 7) is 6.38. The standard InChI is InChI=1S/C9H18O2/c1-4-9(5-2)11-7-6-8(3)10/h9H,4-7H2,1-3H3. The van der Waals surface area contributed by atoms with Gasteiger partial charge in [-0.15, -0.1) is 0 Å². The molecular formula is C9H18O2. The van der Waals surface area contributed by atoms with Gasteiger partial charge in [0.15, 0.2) is 0 Å². The largest absolute Gasteiger partial charge is 0.378 e. The van der Waals surface area contributed by atoms with E-state index in [-0.39, 0.29) is 5.78 Å². The predicted molar refractivity (Wildman–Crippen MR) is 45.6 cm³/mol. The predicted octanol–water partition coefficient (Wildman–Crippen LogP) is 2.17. The third kappa shape index (κ3) is 6.05. The Morgan fingerprint density at radius 2 is 1.91 bits per heavy atom. The first-order valence-corrected chi connectivity index (χ1v) is 4.31. The summed E-state index contributed by atoms with van der Waals surface area (Å²) in [5.74, 6) is 0.205. The van der Waals surface area contributed by atoms with E-state index >= 15 is 0 Å². The highest BCUT2D eigenvalue weighted by atomic mass is 16.5. The SMILES string of the molecule is CCC(CC)OCCC(C)=O. The van der Waals surface area contributed by atoms with E-state index in [4.69, 9.17) is 4.74 Å². The number of carbonyl (C=O) groups excluding carboxylic acids is 1. The highest BCUT2D eigenvalue weighted by Crippen LogP contribution is 2.02. The van der Waals surface area contributed by atoms with Crippen LogP contribution in [0.3, 0.4) is 0 Å². The van der Waals surface area contributed by atoms with E-state index in [0.29, 0.717) is 19.1 Å². The lowest BCUT2D eigenvalue weighted by atomic mass is 10.2. The van der Waals surface area contributed by atoms with Gasteiger partial charge in [-0.2, -0.15) is 0 Å². The van der Waals surface area contributed by atoms with Gasteiger partial charge in [0.05, 0.1) is 12.7 Å². The van der Waals surface area contributed by atoms with Crippen LogP contribution in [0, 0.1) is 0 Å². The molecule has 11 heavy (non-hydrogen) atoms. The molecular weight excluding hydrogens is 140 g/mol. The van der Waals surface area contributed by atoms with E-state index in [2.05, 4.69) is 13.8 Å². The second-order valence-corrected chi connectivity index (χ2v) is 2.76.